The Balaban J connectivity index is 2.55. The molecule has 0 fully saturated rings. The first-order chi connectivity index (χ1) is 9.62. The van der Waals surface area contributed by atoms with Crippen molar-refractivity contribution in [1.29, 1.82) is 0 Å². The van der Waals surface area contributed by atoms with Crippen molar-refractivity contribution >= 4 is 33.0 Å². The second-order valence-corrected chi connectivity index (χ2v) is 5.47. The number of benzene rings is 1. The van der Waals surface area contributed by atoms with E-state index in [1.165, 1.54) is 32.7 Å². The van der Waals surface area contributed by atoms with Gasteiger partial charge in [0.2, 0.25) is 0 Å². The number of carbonyl (C=O) groups is 1. The SMILES string of the molecule is COc1cc(OC)c(C(=O)c2cscc2Br)cc1OC. The van der Waals surface area contributed by atoms with Gasteiger partial charge in [0, 0.05) is 26.9 Å². The highest BCUT2D eigenvalue weighted by Gasteiger charge is 2.21. The van der Waals surface area contributed by atoms with E-state index in [4.69, 9.17) is 14.2 Å². The number of ether oxygens (including phenoxy) is 3. The van der Waals surface area contributed by atoms with Crippen LogP contribution in [0.4, 0.5) is 0 Å². The first kappa shape index (κ1) is 14.9. The van der Waals surface area contributed by atoms with Gasteiger partial charge in [0.1, 0.15) is 5.75 Å². The lowest BCUT2D eigenvalue weighted by atomic mass is 10.0. The predicted molar refractivity (Wildman–Crippen MR) is 81.5 cm³/mol. The lowest BCUT2D eigenvalue weighted by Gasteiger charge is -2.13. The number of methoxy groups -OCH3 is 3. The first-order valence-electron chi connectivity index (χ1n) is 5.68. The zero-order valence-electron chi connectivity index (χ0n) is 11.2. The smallest absolute Gasteiger partial charge is 0.198 e. The maximum atomic E-state index is 12.6. The molecular weight excluding hydrogens is 344 g/mol. The highest BCUT2D eigenvalue weighted by atomic mass is 79.9. The van der Waals surface area contributed by atoms with Crippen LogP contribution in [0.5, 0.6) is 17.2 Å². The highest BCUT2D eigenvalue weighted by Crippen LogP contribution is 2.36. The summed E-state index contributed by atoms with van der Waals surface area (Å²) >= 11 is 4.82. The fourth-order valence-electron chi connectivity index (χ4n) is 1.80. The quantitative estimate of drug-likeness (QED) is 0.765. The molecule has 0 saturated carbocycles. The average Bonchev–Trinajstić information content (AvgIpc) is 2.91. The molecule has 0 aliphatic carbocycles. The highest BCUT2D eigenvalue weighted by molar-refractivity contribution is 9.10. The Labute approximate surface area is 129 Å². The summed E-state index contributed by atoms with van der Waals surface area (Å²) in [5, 5.41) is 3.66. The number of thiophene rings is 1. The van der Waals surface area contributed by atoms with Crippen molar-refractivity contribution in [3.05, 3.63) is 38.5 Å². The Morgan fingerprint density at radius 3 is 2.05 bits per heavy atom. The molecule has 1 heterocycles. The molecule has 1 aromatic carbocycles. The summed E-state index contributed by atoms with van der Waals surface area (Å²) in [6.45, 7) is 0. The lowest BCUT2D eigenvalue weighted by molar-refractivity contribution is 0.103. The maximum Gasteiger partial charge on any atom is 0.198 e. The average molecular weight is 357 g/mol. The molecule has 0 aliphatic rings. The van der Waals surface area contributed by atoms with Crippen LogP contribution in [0.1, 0.15) is 15.9 Å². The molecule has 1 aromatic heterocycles. The second-order valence-electron chi connectivity index (χ2n) is 3.87. The number of carbonyl (C=O) groups excluding carboxylic acids is 1. The van der Waals surface area contributed by atoms with Gasteiger partial charge in [-0.1, -0.05) is 0 Å². The summed E-state index contributed by atoms with van der Waals surface area (Å²) in [5.74, 6) is 1.33. The molecule has 0 N–H and O–H groups in total. The van der Waals surface area contributed by atoms with Crippen LogP contribution in [-0.2, 0) is 0 Å². The van der Waals surface area contributed by atoms with Gasteiger partial charge in [0.05, 0.1) is 26.9 Å². The molecule has 0 unspecified atom stereocenters. The summed E-state index contributed by atoms with van der Waals surface area (Å²) in [4.78, 5) is 12.6. The summed E-state index contributed by atoms with van der Waals surface area (Å²) in [6, 6.07) is 3.27. The van der Waals surface area contributed by atoms with Crippen molar-refractivity contribution < 1.29 is 19.0 Å². The van der Waals surface area contributed by atoms with Gasteiger partial charge in [-0.3, -0.25) is 4.79 Å². The maximum absolute atomic E-state index is 12.6. The van der Waals surface area contributed by atoms with Gasteiger partial charge in [0.15, 0.2) is 17.3 Å². The molecule has 0 radical (unpaired) electrons. The standard InChI is InChI=1S/C14H13BrO4S/c1-17-11-5-13(19-3)12(18-2)4-8(11)14(16)9-6-20-7-10(9)15/h4-7H,1-3H3. The summed E-state index contributed by atoms with van der Waals surface area (Å²) in [6.07, 6.45) is 0. The third-order valence-electron chi connectivity index (χ3n) is 2.81. The van der Waals surface area contributed by atoms with E-state index >= 15 is 0 Å². The largest absolute Gasteiger partial charge is 0.496 e. The molecule has 2 aromatic rings. The van der Waals surface area contributed by atoms with Crippen LogP contribution in [0.2, 0.25) is 0 Å². The van der Waals surface area contributed by atoms with E-state index in [-0.39, 0.29) is 5.78 Å². The fourth-order valence-corrected chi connectivity index (χ4v) is 3.25. The normalized spacial score (nSPS) is 10.2. The predicted octanol–water partition coefficient (Wildman–Crippen LogP) is 3.77. The molecule has 0 atom stereocenters. The minimum atomic E-state index is -0.129. The molecule has 20 heavy (non-hydrogen) atoms. The Hall–Kier alpha value is -1.53. The van der Waals surface area contributed by atoms with Gasteiger partial charge in [-0.2, -0.15) is 11.3 Å². The second kappa shape index (κ2) is 6.28. The molecule has 106 valence electrons. The van der Waals surface area contributed by atoms with E-state index in [2.05, 4.69) is 15.9 Å². The van der Waals surface area contributed by atoms with Crippen molar-refractivity contribution in [1.82, 2.24) is 0 Å². The van der Waals surface area contributed by atoms with Gasteiger partial charge < -0.3 is 14.2 Å². The summed E-state index contributed by atoms with van der Waals surface area (Å²) in [7, 11) is 4.58. The Morgan fingerprint density at radius 1 is 0.950 bits per heavy atom. The molecule has 2 rings (SSSR count). The van der Waals surface area contributed by atoms with Crippen LogP contribution >= 0.6 is 27.3 Å². The third-order valence-corrected chi connectivity index (χ3v) is 4.51. The topological polar surface area (TPSA) is 44.8 Å². The van der Waals surface area contributed by atoms with Crippen molar-refractivity contribution in [2.45, 2.75) is 0 Å². The zero-order chi connectivity index (χ0) is 14.7. The van der Waals surface area contributed by atoms with Gasteiger partial charge in [-0.05, 0) is 22.0 Å². The fraction of sp³-hybridized carbons (Fsp3) is 0.214. The van der Waals surface area contributed by atoms with Crippen LogP contribution in [0.25, 0.3) is 0 Å². The third kappa shape index (κ3) is 2.66. The van der Waals surface area contributed by atoms with Crippen molar-refractivity contribution in [2.24, 2.45) is 0 Å². The van der Waals surface area contributed by atoms with E-state index in [0.29, 0.717) is 28.4 Å². The first-order valence-corrected chi connectivity index (χ1v) is 7.42. The van der Waals surface area contributed by atoms with Crippen molar-refractivity contribution in [2.75, 3.05) is 21.3 Å². The Kier molecular flexibility index (Phi) is 4.67. The van der Waals surface area contributed by atoms with Crippen LogP contribution < -0.4 is 14.2 Å². The summed E-state index contributed by atoms with van der Waals surface area (Å²) in [5.41, 5.74) is 1.03. The Morgan fingerprint density at radius 2 is 1.55 bits per heavy atom. The summed E-state index contributed by atoms with van der Waals surface area (Å²) < 4.78 is 16.5. The zero-order valence-corrected chi connectivity index (χ0v) is 13.6. The molecule has 0 amide bonds. The molecule has 0 saturated heterocycles. The number of rotatable bonds is 5. The minimum Gasteiger partial charge on any atom is -0.496 e. The molecule has 0 aliphatic heterocycles. The molecular formula is C14H13BrO4S. The molecule has 0 bridgehead atoms. The number of halogens is 1. The van der Waals surface area contributed by atoms with Crippen LogP contribution in [-0.4, -0.2) is 27.1 Å². The lowest BCUT2D eigenvalue weighted by Crippen LogP contribution is -2.05. The van der Waals surface area contributed by atoms with Crippen molar-refractivity contribution in [3.63, 3.8) is 0 Å². The van der Waals surface area contributed by atoms with Gasteiger partial charge in [-0.25, -0.2) is 0 Å². The molecule has 6 heteroatoms. The van der Waals surface area contributed by atoms with E-state index in [1.54, 1.807) is 17.5 Å². The molecule has 4 nitrogen and oxygen atoms in total. The number of hydrogen-bond acceptors (Lipinski definition) is 5. The number of hydrogen-bond donors (Lipinski definition) is 0. The number of ketones is 1. The minimum absolute atomic E-state index is 0.129. The van der Waals surface area contributed by atoms with E-state index in [9.17, 15) is 4.79 Å². The van der Waals surface area contributed by atoms with Gasteiger partial charge >= 0.3 is 0 Å². The molecule has 0 spiro atoms. The Bertz CT molecular complexity index is 636. The van der Waals surface area contributed by atoms with Gasteiger partial charge in [0.25, 0.3) is 0 Å². The van der Waals surface area contributed by atoms with Crippen LogP contribution in [0.3, 0.4) is 0 Å². The van der Waals surface area contributed by atoms with E-state index < -0.39 is 0 Å². The van der Waals surface area contributed by atoms with E-state index in [1.807, 2.05) is 5.38 Å². The van der Waals surface area contributed by atoms with Gasteiger partial charge in [-0.15, -0.1) is 0 Å². The van der Waals surface area contributed by atoms with Crippen LogP contribution in [0.15, 0.2) is 27.4 Å². The van der Waals surface area contributed by atoms with Crippen LogP contribution in [0, 0.1) is 0 Å². The monoisotopic (exact) mass is 356 g/mol. The van der Waals surface area contributed by atoms with E-state index in [0.717, 1.165) is 4.47 Å². The van der Waals surface area contributed by atoms with Crippen molar-refractivity contribution in [3.8, 4) is 17.2 Å².